The second-order valence-electron chi connectivity index (χ2n) is 4.68. The van der Waals surface area contributed by atoms with Crippen molar-refractivity contribution in [1.82, 2.24) is 15.0 Å². The van der Waals surface area contributed by atoms with E-state index in [0.29, 0.717) is 22.0 Å². The van der Waals surface area contributed by atoms with Crippen molar-refractivity contribution in [1.29, 1.82) is 0 Å². The lowest BCUT2D eigenvalue weighted by Gasteiger charge is -2.06. The monoisotopic (exact) mass is 358 g/mol. The number of nitrogens with zero attached hydrogens (tertiary/aromatic N) is 2. The molecule has 3 N–H and O–H groups in total. The van der Waals surface area contributed by atoms with Crippen molar-refractivity contribution in [2.45, 2.75) is 6.42 Å². The number of alkyl halides is 1. The molecule has 6 nitrogen and oxygen atoms in total. The van der Waals surface area contributed by atoms with Gasteiger partial charge in [0, 0.05) is 13.0 Å². The lowest BCUT2D eigenvalue weighted by atomic mass is 10.3. The molecule has 0 aliphatic heterocycles. The van der Waals surface area contributed by atoms with Gasteiger partial charge in [-0.15, -0.1) is 0 Å². The van der Waals surface area contributed by atoms with E-state index in [0.717, 1.165) is 0 Å². The summed E-state index contributed by atoms with van der Waals surface area (Å²) in [4.78, 5) is 11.2. The Balaban J connectivity index is 1.99. The van der Waals surface area contributed by atoms with Gasteiger partial charge in [0.15, 0.2) is 5.65 Å². The molecule has 2 aromatic heterocycles. The Bertz CT molecular complexity index is 734. The lowest BCUT2D eigenvalue weighted by Crippen LogP contribution is -2.04. The van der Waals surface area contributed by atoms with E-state index in [4.69, 9.17) is 21.4 Å². The lowest BCUT2D eigenvalue weighted by molar-refractivity contribution is 0.193. The second-order valence-corrected chi connectivity index (χ2v) is 5.08. The average Bonchev–Trinajstić information content (AvgIpc) is 2.95. The number of nitrogens with one attached hydrogen (secondary N) is 2. The van der Waals surface area contributed by atoms with Crippen molar-refractivity contribution >= 4 is 28.6 Å². The average molecular weight is 359 g/mol. The van der Waals surface area contributed by atoms with Crippen LogP contribution in [0.2, 0.25) is 5.02 Å². The summed E-state index contributed by atoms with van der Waals surface area (Å²) in [5.74, 6) is -0.0136. The van der Waals surface area contributed by atoms with Crippen LogP contribution in [-0.2, 0) is 0 Å². The number of rotatable bonds is 9. The Morgan fingerprint density at radius 1 is 1.46 bits per heavy atom. The number of allylic oxidation sites excluding steroid dienone is 3. The van der Waals surface area contributed by atoms with Gasteiger partial charge in [-0.05, 0) is 12.1 Å². The number of aliphatic hydroxyl groups is 1. The first-order valence-electron chi connectivity index (χ1n) is 7.25. The first-order valence-corrected chi connectivity index (χ1v) is 7.62. The third kappa shape index (κ3) is 5.17. The van der Waals surface area contributed by atoms with Crippen molar-refractivity contribution in [3.05, 3.63) is 35.1 Å². The van der Waals surface area contributed by atoms with E-state index < -0.39 is 6.67 Å². The predicted molar refractivity (Wildman–Crippen MR) is 88.9 cm³/mol. The molecule has 24 heavy (non-hydrogen) atoms. The van der Waals surface area contributed by atoms with E-state index >= 15 is 0 Å². The van der Waals surface area contributed by atoms with Crippen LogP contribution in [0.5, 0.6) is 6.01 Å². The normalized spacial score (nSPS) is 12.2. The highest BCUT2D eigenvalue weighted by Gasteiger charge is 2.10. The summed E-state index contributed by atoms with van der Waals surface area (Å²) < 4.78 is 30.5. The van der Waals surface area contributed by atoms with Crippen molar-refractivity contribution in [2.75, 3.05) is 31.7 Å². The summed E-state index contributed by atoms with van der Waals surface area (Å²) in [6.07, 6.45) is 3.85. The maximum absolute atomic E-state index is 13.4. The Kier molecular flexibility index (Phi) is 6.95. The second kappa shape index (κ2) is 9.19. The number of pyridine rings is 1. The molecule has 2 rings (SSSR count). The molecule has 0 spiro atoms. The van der Waals surface area contributed by atoms with Gasteiger partial charge in [0.05, 0.1) is 17.1 Å². The third-order valence-corrected chi connectivity index (χ3v) is 3.18. The molecule has 0 aliphatic rings. The highest BCUT2D eigenvalue weighted by Crippen LogP contribution is 2.25. The zero-order chi connectivity index (χ0) is 17.4. The third-order valence-electron chi connectivity index (χ3n) is 2.89. The molecule has 0 unspecified atom stereocenters. The number of fused-ring (bicyclic) bond motifs is 1. The number of aromatic nitrogens is 3. The fourth-order valence-electron chi connectivity index (χ4n) is 1.84. The molecule has 0 amide bonds. The molecule has 0 bridgehead atoms. The van der Waals surface area contributed by atoms with Crippen LogP contribution in [0.4, 0.5) is 14.6 Å². The number of hydrogen-bond acceptors (Lipinski definition) is 5. The molecule has 0 radical (unpaired) electrons. The van der Waals surface area contributed by atoms with Crippen LogP contribution in [0.1, 0.15) is 6.42 Å². The predicted octanol–water partition coefficient (Wildman–Crippen LogP) is 3.16. The summed E-state index contributed by atoms with van der Waals surface area (Å²) in [7, 11) is 0. The molecule has 0 saturated heterocycles. The number of halogens is 3. The van der Waals surface area contributed by atoms with Gasteiger partial charge in [0.25, 0.3) is 6.01 Å². The van der Waals surface area contributed by atoms with Crippen LogP contribution in [0.15, 0.2) is 30.1 Å². The van der Waals surface area contributed by atoms with Crippen molar-refractivity contribution in [3.63, 3.8) is 0 Å². The van der Waals surface area contributed by atoms with Gasteiger partial charge in [0.2, 0.25) is 0 Å². The Morgan fingerprint density at radius 2 is 2.29 bits per heavy atom. The molecular weight excluding hydrogens is 342 g/mol. The Morgan fingerprint density at radius 3 is 3.04 bits per heavy atom. The summed E-state index contributed by atoms with van der Waals surface area (Å²) in [6, 6.07) is 1.86. The molecule has 2 heterocycles. The minimum absolute atomic E-state index is 0.109. The molecule has 0 atom stereocenters. The summed E-state index contributed by atoms with van der Waals surface area (Å²) >= 11 is 6.12. The summed E-state index contributed by atoms with van der Waals surface area (Å²) in [5, 5.41) is 12.0. The van der Waals surface area contributed by atoms with Crippen LogP contribution in [0.25, 0.3) is 11.2 Å². The zero-order valence-corrected chi connectivity index (χ0v) is 13.5. The molecule has 9 heteroatoms. The van der Waals surface area contributed by atoms with Crippen LogP contribution in [-0.4, -0.2) is 46.5 Å². The smallest absolute Gasteiger partial charge is 0.296 e. The maximum atomic E-state index is 13.4. The topological polar surface area (TPSA) is 83.1 Å². The minimum atomic E-state index is -0.630. The van der Waals surface area contributed by atoms with Gasteiger partial charge in [-0.2, -0.15) is 4.98 Å². The number of hydrogen-bond donors (Lipinski definition) is 3. The SMILES string of the molecule is OCCOc1nc2nc(NCC/C(F)=C\C=C/CF)c(Cl)cc2[nH]1. The highest BCUT2D eigenvalue weighted by atomic mass is 35.5. The van der Waals surface area contributed by atoms with Crippen LogP contribution >= 0.6 is 11.6 Å². The van der Waals surface area contributed by atoms with Crippen molar-refractivity contribution < 1.29 is 18.6 Å². The standard InChI is InChI=1S/C15H17ClF2N4O2/c16-11-9-12-14(22-15(20-12)24-8-7-23)21-13(11)19-6-4-10(18)3-1-2-5-17/h1-3,9,23H,4-8H2,(H2,19,20,21,22)/b2-1-,10-3+. The van der Waals surface area contributed by atoms with E-state index in [1.54, 1.807) is 6.07 Å². The molecule has 2 aromatic rings. The fourth-order valence-corrected chi connectivity index (χ4v) is 2.06. The largest absolute Gasteiger partial charge is 0.462 e. The minimum Gasteiger partial charge on any atom is -0.462 e. The highest BCUT2D eigenvalue weighted by molar-refractivity contribution is 6.33. The summed E-state index contributed by atoms with van der Waals surface area (Å²) in [5.41, 5.74) is 0.970. The van der Waals surface area contributed by atoms with E-state index in [1.165, 1.54) is 18.2 Å². The number of anilines is 1. The van der Waals surface area contributed by atoms with Gasteiger partial charge in [0.1, 0.15) is 24.9 Å². The van der Waals surface area contributed by atoms with Gasteiger partial charge in [-0.1, -0.05) is 23.8 Å². The Labute approximate surface area is 142 Å². The van der Waals surface area contributed by atoms with E-state index in [2.05, 4.69) is 20.3 Å². The van der Waals surface area contributed by atoms with Crippen LogP contribution < -0.4 is 10.1 Å². The van der Waals surface area contributed by atoms with Crippen LogP contribution in [0.3, 0.4) is 0 Å². The first kappa shape index (κ1) is 18.2. The number of aliphatic hydroxyl groups excluding tert-OH is 1. The molecule has 0 aromatic carbocycles. The Hall–Kier alpha value is -2.19. The first-order chi connectivity index (χ1) is 11.6. The van der Waals surface area contributed by atoms with Crippen molar-refractivity contribution in [3.8, 4) is 6.01 Å². The van der Waals surface area contributed by atoms with E-state index in [1.807, 2.05) is 0 Å². The molecular formula is C15H17ClF2N4O2. The van der Waals surface area contributed by atoms with Crippen molar-refractivity contribution in [2.24, 2.45) is 0 Å². The van der Waals surface area contributed by atoms with Gasteiger partial charge in [-0.3, -0.25) is 0 Å². The number of imidazole rings is 1. The van der Waals surface area contributed by atoms with Gasteiger partial charge in [-0.25, -0.2) is 13.8 Å². The quantitative estimate of drug-likeness (QED) is 0.600. The molecule has 0 fully saturated rings. The summed E-state index contributed by atoms with van der Waals surface area (Å²) in [6.45, 7) is -0.379. The maximum Gasteiger partial charge on any atom is 0.296 e. The molecule has 130 valence electrons. The van der Waals surface area contributed by atoms with Crippen LogP contribution in [0, 0.1) is 0 Å². The molecule has 0 aliphatic carbocycles. The van der Waals surface area contributed by atoms with E-state index in [-0.39, 0.29) is 38.0 Å². The van der Waals surface area contributed by atoms with Gasteiger partial charge < -0.3 is 20.1 Å². The number of ether oxygens (including phenoxy) is 1. The number of H-pyrrole nitrogens is 1. The fraction of sp³-hybridized carbons (Fsp3) is 0.333. The van der Waals surface area contributed by atoms with E-state index in [9.17, 15) is 8.78 Å². The van der Waals surface area contributed by atoms with Gasteiger partial charge >= 0.3 is 0 Å². The number of aromatic amines is 1. The molecule has 0 saturated carbocycles. The zero-order valence-electron chi connectivity index (χ0n) is 12.7.